The van der Waals surface area contributed by atoms with E-state index in [4.69, 9.17) is 26.2 Å². The van der Waals surface area contributed by atoms with Gasteiger partial charge < -0.3 is 14.6 Å². The van der Waals surface area contributed by atoms with E-state index >= 15 is 0 Å². The molecule has 0 unspecified atom stereocenters. The predicted octanol–water partition coefficient (Wildman–Crippen LogP) is 5.35. The first kappa shape index (κ1) is 24.7. The van der Waals surface area contributed by atoms with Gasteiger partial charge in [0.25, 0.3) is 11.1 Å². The minimum absolute atomic E-state index is 0.135. The zero-order valence-corrected chi connectivity index (χ0v) is 20.0. The maximum Gasteiger partial charge on any atom is 0.341 e. The fraction of sp³-hybridized carbons (Fsp3) is 0.292. The first-order chi connectivity index (χ1) is 15.7. The second-order valence-electron chi connectivity index (χ2n) is 7.75. The third kappa shape index (κ3) is 6.30. The van der Waals surface area contributed by atoms with E-state index in [0.717, 1.165) is 33.5 Å². The summed E-state index contributed by atoms with van der Waals surface area (Å²) in [5, 5.41) is 8.54. The van der Waals surface area contributed by atoms with Gasteiger partial charge in [-0.2, -0.15) is 0 Å². The molecule has 0 aliphatic carbocycles. The van der Waals surface area contributed by atoms with Crippen LogP contribution in [0.1, 0.15) is 36.5 Å². The fourth-order valence-corrected chi connectivity index (χ4v) is 4.31. The van der Waals surface area contributed by atoms with Crippen LogP contribution in [0.25, 0.3) is 6.08 Å². The largest absolute Gasteiger partial charge is 0.491 e. The molecule has 2 aromatic rings. The number of aryl methyl sites for hydroxylation is 1. The van der Waals surface area contributed by atoms with Crippen LogP contribution >= 0.6 is 23.4 Å². The highest BCUT2D eigenvalue weighted by molar-refractivity contribution is 8.18. The number of ether oxygens (including phenoxy) is 2. The molecule has 1 N–H and O–H groups in total. The number of amides is 2. The maximum absolute atomic E-state index is 12.8. The van der Waals surface area contributed by atoms with Gasteiger partial charge >= 0.3 is 5.97 Å². The SMILES string of the molecule is Cc1ccc(C(C)C)c(OCCN2C(=O)S/C(=C\c3ccc(OCC(=O)O)c(Cl)c3)C2=O)c1. The summed E-state index contributed by atoms with van der Waals surface area (Å²) in [6, 6.07) is 10.7. The molecule has 2 amide bonds. The lowest BCUT2D eigenvalue weighted by Gasteiger charge is -2.17. The molecule has 1 fully saturated rings. The van der Waals surface area contributed by atoms with Crippen LogP contribution in [-0.2, 0) is 9.59 Å². The smallest absolute Gasteiger partial charge is 0.341 e. The highest BCUT2D eigenvalue weighted by Crippen LogP contribution is 2.34. The summed E-state index contributed by atoms with van der Waals surface area (Å²) in [6.07, 6.45) is 1.57. The van der Waals surface area contributed by atoms with Crippen LogP contribution in [0.15, 0.2) is 41.3 Å². The molecule has 1 heterocycles. The normalized spacial score (nSPS) is 14.9. The van der Waals surface area contributed by atoms with E-state index in [1.807, 2.05) is 25.1 Å². The van der Waals surface area contributed by atoms with Gasteiger partial charge in [-0.05, 0) is 65.6 Å². The average molecular weight is 490 g/mol. The molecule has 1 aliphatic rings. The van der Waals surface area contributed by atoms with E-state index in [0.29, 0.717) is 5.56 Å². The van der Waals surface area contributed by atoms with Crippen LogP contribution in [0.2, 0.25) is 5.02 Å². The van der Waals surface area contributed by atoms with Crippen LogP contribution in [0.5, 0.6) is 11.5 Å². The Morgan fingerprint density at radius 1 is 1.15 bits per heavy atom. The van der Waals surface area contributed by atoms with Crippen LogP contribution in [-0.4, -0.2) is 46.9 Å². The van der Waals surface area contributed by atoms with E-state index in [2.05, 4.69) is 13.8 Å². The second kappa shape index (κ2) is 10.8. The van der Waals surface area contributed by atoms with Gasteiger partial charge in [0.15, 0.2) is 6.61 Å². The molecule has 0 saturated carbocycles. The Morgan fingerprint density at radius 2 is 1.91 bits per heavy atom. The van der Waals surface area contributed by atoms with Gasteiger partial charge in [0.05, 0.1) is 16.5 Å². The number of imide groups is 1. The van der Waals surface area contributed by atoms with Gasteiger partial charge in [-0.25, -0.2) is 4.79 Å². The van der Waals surface area contributed by atoms with Crippen LogP contribution in [0.3, 0.4) is 0 Å². The molecule has 0 radical (unpaired) electrons. The van der Waals surface area contributed by atoms with Gasteiger partial charge in [-0.3, -0.25) is 14.5 Å². The molecule has 33 heavy (non-hydrogen) atoms. The number of hydrogen-bond acceptors (Lipinski definition) is 6. The third-order valence-electron chi connectivity index (χ3n) is 4.84. The zero-order valence-electron chi connectivity index (χ0n) is 18.5. The molecule has 9 heteroatoms. The number of thioether (sulfide) groups is 1. The van der Waals surface area contributed by atoms with Crippen LogP contribution in [0, 0.1) is 6.92 Å². The summed E-state index contributed by atoms with van der Waals surface area (Å²) in [6.45, 7) is 5.95. The van der Waals surface area contributed by atoms with E-state index in [-0.39, 0.29) is 40.0 Å². The molecule has 0 aromatic heterocycles. The lowest BCUT2D eigenvalue weighted by molar-refractivity contribution is -0.139. The number of benzene rings is 2. The van der Waals surface area contributed by atoms with Crippen molar-refractivity contribution in [3.05, 3.63) is 63.0 Å². The van der Waals surface area contributed by atoms with Crippen molar-refractivity contribution in [2.24, 2.45) is 0 Å². The first-order valence-electron chi connectivity index (χ1n) is 10.3. The molecular weight excluding hydrogens is 466 g/mol. The minimum Gasteiger partial charge on any atom is -0.491 e. The van der Waals surface area contributed by atoms with Gasteiger partial charge in [0.1, 0.15) is 18.1 Å². The molecule has 1 saturated heterocycles. The maximum atomic E-state index is 12.8. The Hall–Kier alpha value is -2.97. The first-order valence-corrected chi connectivity index (χ1v) is 11.5. The summed E-state index contributed by atoms with van der Waals surface area (Å²) in [4.78, 5) is 37.2. The number of carboxylic acids is 1. The van der Waals surface area contributed by atoms with Crippen molar-refractivity contribution in [1.82, 2.24) is 4.90 Å². The summed E-state index contributed by atoms with van der Waals surface area (Å²) in [5.41, 5.74) is 2.73. The number of rotatable bonds is 9. The highest BCUT2D eigenvalue weighted by Gasteiger charge is 2.34. The van der Waals surface area contributed by atoms with Crippen molar-refractivity contribution in [3.8, 4) is 11.5 Å². The van der Waals surface area contributed by atoms with Gasteiger partial charge in [0, 0.05) is 0 Å². The van der Waals surface area contributed by atoms with Gasteiger partial charge in [0.2, 0.25) is 0 Å². The lowest BCUT2D eigenvalue weighted by Crippen LogP contribution is -2.32. The summed E-state index contributed by atoms with van der Waals surface area (Å²) in [5.74, 6) is -0.251. The van der Waals surface area contributed by atoms with Crippen molar-refractivity contribution < 1.29 is 29.0 Å². The number of halogens is 1. The van der Waals surface area contributed by atoms with E-state index in [1.165, 1.54) is 6.07 Å². The topological polar surface area (TPSA) is 93.1 Å². The Morgan fingerprint density at radius 3 is 2.58 bits per heavy atom. The van der Waals surface area contributed by atoms with Crippen molar-refractivity contribution in [1.29, 1.82) is 0 Å². The molecule has 0 atom stereocenters. The lowest BCUT2D eigenvalue weighted by atomic mass is 10.0. The molecule has 0 spiro atoms. The van der Waals surface area contributed by atoms with E-state index in [9.17, 15) is 14.4 Å². The highest BCUT2D eigenvalue weighted by atomic mass is 35.5. The Labute approximate surface area is 201 Å². The van der Waals surface area contributed by atoms with Crippen molar-refractivity contribution in [2.75, 3.05) is 19.8 Å². The average Bonchev–Trinajstić information content (AvgIpc) is 3.00. The molecule has 174 valence electrons. The van der Waals surface area contributed by atoms with Gasteiger partial charge in [-0.1, -0.05) is 43.6 Å². The number of carbonyl (C=O) groups is 3. The number of carbonyl (C=O) groups excluding carboxylic acids is 2. The van der Waals surface area contributed by atoms with Crippen LogP contribution in [0.4, 0.5) is 4.79 Å². The second-order valence-corrected chi connectivity index (χ2v) is 9.15. The van der Waals surface area contributed by atoms with Crippen molar-refractivity contribution >= 4 is 46.6 Å². The monoisotopic (exact) mass is 489 g/mol. The molecule has 7 nitrogen and oxygen atoms in total. The number of aliphatic carboxylic acids is 1. The molecule has 2 aromatic carbocycles. The molecule has 0 bridgehead atoms. The van der Waals surface area contributed by atoms with E-state index < -0.39 is 18.5 Å². The minimum atomic E-state index is -1.12. The van der Waals surface area contributed by atoms with Crippen LogP contribution < -0.4 is 9.47 Å². The Bertz CT molecular complexity index is 1110. The van der Waals surface area contributed by atoms with Crippen molar-refractivity contribution in [2.45, 2.75) is 26.7 Å². The molecule has 1 aliphatic heterocycles. The number of carboxylic acid groups (broad SMARTS) is 1. The fourth-order valence-electron chi connectivity index (χ4n) is 3.20. The quantitative estimate of drug-likeness (QED) is 0.474. The van der Waals surface area contributed by atoms with E-state index in [1.54, 1.807) is 18.2 Å². The third-order valence-corrected chi connectivity index (χ3v) is 6.04. The number of nitrogens with zero attached hydrogens (tertiary/aromatic N) is 1. The zero-order chi connectivity index (χ0) is 24.1. The number of hydrogen-bond donors (Lipinski definition) is 1. The summed E-state index contributed by atoms with van der Waals surface area (Å²) < 4.78 is 11.0. The summed E-state index contributed by atoms with van der Waals surface area (Å²) >= 11 is 6.98. The standard InChI is InChI=1S/C24H24ClNO6S/c1-14(2)17-6-4-15(3)10-20(17)31-9-8-26-23(29)21(33-24(26)30)12-16-5-7-19(18(25)11-16)32-13-22(27)28/h4-7,10-12,14H,8-9,13H2,1-3H3,(H,27,28)/b21-12-. The molecular formula is C24H24ClNO6S. The van der Waals surface area contributed by atoms with Gasteiger partial charge in [-0.15, -0.1) is 0 Å². The van der Waals surface area contributed by atoms with Crippen molar-refractivity contribution in [3.63, 3.8) is 0 Å². The summed E-state index contributed by atoms with van der Waals surface area (Å²) in [7, 11) is 0. The Kier molecular flexibility index (Phi) is 8.05. The predicted molar refractivity (Wildman–Crippen MR) is 128 cm³/mol. The Balaban J connectivity index is 1.65. The molecule has 3 rings (SSSR count).